The topological polar surface area (TPSA) is 78.9 Å². The van der Waals surface area contributed by atoms with E-state index in [1.807, 2.05) is 0 Å². The predicted molar refractivity (Wildman–Crippen MR) is 334 cm³/mol. The first-order chi connectivity index (χ1) is 38.0. The molecular formula is C71H110O6. The molecule has 6 nitrogen and oxygen atoms in total. The number of unbranched alkanes of at least 4 members (excludes halogenated alkanes) is 14. The monoisotopic (exact) mass is 1060 g/mol. The Morgan fingerprint density at radius 3 is 0.753 bits per heavy atom. The zero-order valence-corrected chi connectivity index (χ0v) is 49.1. The zero-order valence-electron chi connectivity index (χ0n) is 49.1. The molecule has 0 fully saturated rings. The molecule has 0 radical (unpaired) electrons. The highest BCUT2D eigenvalue weighted by atomic mass is 16.6. The van der Waals surface area contributed by atoms with Gasteiger partial charge in [0.05, 0.1) is 0 Å². The van der Waals surface area contributed by atoms with Crippen LogP contribution in [0.5, 0.6) is 0 Å². The lowest BCUT2D eigenvalue weighted by Crippen LogP contribution is -2.30. The molecule has 0 aliphatic rings. The minimum absolute atomic E-state index is 0.116. The van der Waals surface area contributed by atoms with Gasteiger partial charge in [-0.2, -0.15) is 0 Å². The number of hydrogen-bond acceptors (Lipinski definition) is 6. The third kappa shape index (κ3) is 61.5. The third-order valence-electron chi connectivity index (χ3n) is 12.2. The maximum absolute atomic E-state index is 12.9. The molecule has 0 heterocycles. The molecule has 0 aromatic rings. The lowest BCUT2D eigenvalue weighted by atomic mass is 10.1. The van der Waals surface area contributed by atoms with Crippen LogP contribution in [0.1, 0.15) is 239 Å². The second kappa shape index (κ2) is 63.3. The Kier molecular flexibility index (Phi) is 59.0. The van der Waals surface area contributed by atoms with E-state index in [2.05, 4.69) is 191 Å². The summed E-state index contributed by atoms with van der Waals surface area (Å²) >= 11 is 0. The lowest BCUT2D eigenvalue weighted by molar-refractivity contribution is -0.167. The Morgan fingerprint density at radius 1 is 0.260 bits per heavy atom. The van der Waals surface area contributed by atoms with E-state index in [4.69, 9.17) is 14.2 Å². The van der Waals surface area contributed by atoms with Gasteiger partial charge in [0.1, 0.15) is 13.2 Å². The summed E-state index contributed by atoms with van der Waals surface area (Å²) in [5.41, 5.74) is 0. The number of esters is 3. The Balaban J connectivity index is 4.52. The van der Waals surface area contributed by atoms with Gasteiger partial charge in [-0.25, -0.2) is 0 Å². The van der Waals surface area contributed by atoms with Gasteiger partial charge in [-0.1, -0.05) is 242 Å². The highest BCUT2D eigenvalue weighted by molar-refractivity contribution is 5.71. The predicted octanol–water partition coefficient (Wildman–Crippen LogP) is 21.1. The van der Waals surface area contributed by atoms with Crippen LogP contribution >= 0.6 is 0 Å². The van der Waals surface area contributed by atoms with Crippen molar-refractivity contribution in [2.45, 2.75) is 245 Å². The van der Waals surface area contributed by atoms with Crippen molar-refractivity contribution >= 4 is 17.9 Å². The van der Waals surface area contributed by atoms with E-state index in [0.717, 1.165) is 161 Å². The van der Waals surface area contributed by atoms with E-state index in [1.54, 1.807) is 0 Å². The first-order valence-electron chi connectivity index (χ1n) is 30.6. The molecule has 6 heteroatoms. The molecule has 0 amide bonds. The van der Waals surface area contributed by atoms with Gasteiger partial charge in [0.2, 0.25) is 0 Å². The van der Waals surface area contributed by atoms with Crippen molar-refractivity contribution in [3.05, 3.63) is 170 Å². The molecule has 0 saturated heterocycles. The maximum atomic E-state index is 12.9. The molecule has 430 valence electrons. The van der Waals surface area contributed by atoms with Crippen LogP contribution in [-0.2, 0) is 28.6 Å². The van der Waals surface area contributed by atoms with E-state index in [0.29, 0.717) is 25.7 Å². The number of hydrogen-bond donors (Lipinski definition) is 0. The van der Waals surface area contributed by atoms with E-state index < -0.39 is 6.10 Å². The summed E-state index contributed by atoms with van der Waals surface area (Å²) in [5, 5.41) is 0. The van der Waals surface area contributed by atoms with Crippen molar-refractivity contribution in [3.8, 4) is 0 Å². The molecule has 0 bridgehead atoms. The molecule has 0 saturated carbocycles. The average molecular weight is 1060 g/mol. The average Bonchev–Trinajstić information content (AvgIpc) is 3.43. The molecule has 0 aliphatic carbocycles. The summed E-state index contributed by atoms with van der Waals surface area (Å²) in [7, 11) is 0. The van der Waals surface area contributed by atoms with Gasteiger partial charge < -0.3 is 14.2 Å². The van der Waals surface area contributed by atoms with Crippen LogP contribution < -0.4 is 0 Å². The van der Waals surface area contributed by atoms with Crippen LogP contribution in [0.2, 0.25) is 0 Å². The molecule has 0 aromatic carbocycles. The Labute approximate surface area is 472 Å². The van der Waals surface area contributed by atoms with Crippen molar-refractivity contribution in [1.29, 1.82) is 0 Å². The Morgan fingerprint density at radius 2 is 0.468 bits per heavy atom. The van der Waals surface area contributed by atoms with Crippen LogP contribution in [0.15, 0.2) is 170 Å². The van der Waals surface area contributed by atoms with Gasteiger partial charge in [-0.15, -0.1) is 0 Å². The summed E-state index contributed by atoms with van der Waals surface area (Å²) in [5.74, 6) is -0.996. The zero-order chi connectivity index (χ0) is 55.7. The molecule has 77 heavy (non-hydrogen) atoms. The molecule has 0 rings (SSSR count). The van der Waals surface area contributed by atoms with Gasteiger partial charge in [0, 0.05) is 19.3 Å². The fourth-order valence-corrected chi connectivity index (χ4v) is 7.72. The molecule has 1 unspecified atom stereocenters. The lowest BCUT2D eigenvalue weighted by Gasteiger charge is -2.18. The number of rotatable bonds is 53. The van der Waals surface area contributed by atoms with Crippen molar-refractivity contribution in [2.75, 3.05) is 13.2 Å². The highest BCUT2D eigenvalue weighted by Crippen LogP contribution is 2.14. The Bertz CT molecular complexity index is 1790. The molecule has 0 N–H and O–H groups in total. The van der Waals surface area contributed by atoms with Gasteiger partial charge >= 0.3 is 17.9 Å². The van der Waals surface area contributed by atoms with Gasteiger partial charge in [-0.05, 0) is 148 Å². The van der Waals surface area contributed by atoms with E-state index in [9.17, 15) is 14.4 Å². The standard InChI is InChI=1S/C71H110O6/c1-4-7-10-13-16-19-22-25-28-30-32-34-35-37-38-40-43-46-49-52-55-58-61-64-70(73)76-67-68(66-75-69(72)63-60-57-54-51-48-45-42-27-24-21-18-15-12-9-6-3)77-71(74)65-62-59-56-53-50-47-44-41-39-36-33-31-29-26-23-20-17-14-11-8-5-2/h7-12,16-21,25-29,32-34,36-38,42-43,46,48,51,68H,4-6,13-15,22-24,30-31,35,39-41,44-45,47,49-50,52-67H2,1-3H3/b10-7-,11-8-,12-9-,19-16-,20-17-,21-18-,28-25-,29-26-,34-32-,36-33-,38-37-,42-27-,46-43-,51-48-. The second-order valence-corrected chi connectivity index (χ2v) is 19.5. The maximum Gasteiger partial charge on any atom is 0.306 e. The third-order valence-corrected chi connectivity index (χ3v) is 12.2. The van der Waals surface area contributed by atoms with Crippen molar-refractivity contribution in [3.63, 3.8) is 0 Å². The van der Waals surface area contributed by atoms with Crippen LogP contribution in [-0.4, -0.2) is 37.2 Å². The summed E-state index contributed by atoms with van der Waals surface area (Å²) < 4.78 is 16.8. The van der Waals surface area contributed by atoms with Crippen molar-refractivity contribution in [1.82, 2.24) is 0 Å². The summed E-state index contributed by atoms with van der Waals surface area (Å²) in [6, 6.07) is 0. The minimum atomic E-state index is -0.821. The molecule has 0 spiro atoms. The number of allylic oxidation sites excluding steroid dienone is 28. The van der Waals surface area contributed by atoms with E-state index in [-0.39, 0.29) is 31.1 Å². The van der Waals surface area contributed by atoms with Crippen LogP contribution in [0.3, 0.4) is 0 Å². The second-order valence-electron chi connectivity index (χ2n) is 19.5. The molecule has 0 aliphatic heterocycles. The number of ether oxygens (including phenoxy) is 3. The number of carbonyl (C=O) groups is 3. The molecule has 1 atom stereocenters. The molecule has 0 aromatic heterocycles. The fraction of sp³-hybridized carbons (Fsp3) is 0.563. The first-order valence-corrected chi connectivity index (χ1v) is 30.6. The van der Waals surface area contributed by atoms with Crippen LogP contribution in [0.25, 0.3) is 0 Å². The van der Waals surface area contributed by atoms with E-state index >= 15 is 0 Å². The Hall–Kier alpha value is -5.23. The quantitative estimate of drug-likeness (QED) is 0.0261. The van der Waals surface area contributed by atoms with Gasteiger partial charge in [0.25, 0.3) is 0 Å². The summed E-state index contributed by atoms with van der Waals surface area (Å²) in [6.45, 7) is 6.22. The minimum Gasteiger partial charge on any atom is -0.462 e. The number of carbonyl (C=O) groups excluding carboxylic acids is 3. The smallest absolute Gasteiger partial charge is 0.306 e. The first kappa shape index (κ1) is 71.8. The highest BCUT2D eigenvalue weighted by Gasteiger charge is 2.19. The molecular weight excluding hydrogens is 949 g/mol. The summed E-state index contributed by atoms with van der Waals surface area (Å²) in [6.07, 6.45) is 93.5. The van der Waals surface area contributed by atoms with Crippen LogP contribution in [0, 0.1) is 0 Å². The SMILES string of the molecule is CC/C=C\C/C=C\C/C=C\C/C=C\C/C=C\C/C=C\CCCCCCC(=O)OCC(COC(=O)CCCC/C=C\C/C=C\C/C=C\C/C=C\CC)OC(=O)CCCCCCCCCC/C=C\C/C=C\C/C=C\C/C=C\CC. The fourth-order valence-electron chi connectivity index (χ4n) is 7.72. The van der Waals surface area contributed by atoms with Gasteiger partial charge in [0.15, 0.2) is 6.10 Å². The van der Waals surface area contributed by atoms with Crippen molar-refractivity contribution in [2.24, 2.45) is 0 Å². The van der Waals surface area contributed by atoms with Crippen molar-refractivity contribution < 1.29 is 28.6 Å². The van der Waals surface area contributed by atoms with Gasteiger partial charge in [-0.3, -0.25) is 14.4 Å². The van der Waals surface area contributed by atoms with E-state index in [1.165, 1.54) is 32.1 Å². The summed E-state index contributed by atoms with van der Waals surface area (Å²) in [4.78, 5) is 38.3. The largest absolute Gasteiger partial charge is 0.462 e. The normalized spacial score (nSPS) is 13.3. The van der Waals surface area contributed by atoms with Crippen LogP contribution in [0.4, 0.5) is 0 Å².